The monoisotopic (exact) mass is 212 g/mol. The fourth-order valence-electron chi connectivity index (χ4n) is 0.978. The summed E-state index contributed by atoms with van der Waals surface area (Å²) >= 11 is 0. The summed E-state index contributed by atoms with van der Waals surface area (Å²) < 4.78 is 9.87. The van der Waals surface area contributed by atoms with Crippen molar-refractivity contribution in [1.82, 2.24) is 0 Å². The van der Waals surface area contributed by atoms with Gasteiger partial charge in [-0.3, -0.25) is 0 Å². The lowest BCUT2D eigenvalue weighted by molar-refractivity contribution is -0.139. The molecule has 0 saturated heterocycles. The van der Waals surface area contributed by atoms with E-state index in [4.69, 9.17) is 4.74 Å². The third kappa shape index (κ3) is 6.77. The molecule has 0 aliphatic heterocycles. The third-order valence-electron chi connectivity index (χ3n) is 1.73. The smallest absolute Gasteiger partial charge is 0.372 e. The molecule has 0 spiro atoms. The molecule has 86 valence electrons. The first-order valence-electron chi connectivity index (χ1n) is 5.32. The molecule has 0 radical (unpaired) electrons. The zero-order chi connectivity index (χ0) is 11.5. The van der Waals surface area contributed by atoms with Crippen LogP contribution in [0.25, 0.3) is 0 Å². The summed E-state index contributed by atoms with van der Waals surface area (Å²) in [4.78, 5) is 11.2. The Bertz CT molecular complexity index is 229. The summed E-state index contributed by atoms with van der Waals surface area (Å²) in [5.41, 5.74) is 0. The van der Waals surface area contributed by atoms with E-state index in [1.807, 2.05) is 19.1 Å². The summed E-state index contributed by atoms with van der Waals surface area (Å²) in [5.74, 6) is -0.123. The Kier molecular flexibility index (Phi) is 8.53. The van der Waals surface area contributed by atoms with E-state index in [2.05, 4.69) is 11.7 Å². The number of methoxy groups -OCH3 is 1. The average molecular weight is 212 g/mol. The van der Waals surface area contributed by atoms with Crippen molar-refractivity contribution in [3.8, 4) is 0 Å². The van der Waals surface area contributed by atoms with Crippen molar-refractivity contribution in [3.63, 3.8) is 0 Å². The Morgan fingerprint density at radius 2 is 2.00 bits per heavy atom. The SMILES string of the molecule is CC/C=C(\OC/C=C\CCC)C(=O)OC. The van der Waals surface area contributed by atoms with Gasteiger partial charge in [0, 0.05) is 0 Å². The maximum atomic E-state index is 11.2. The molecule has 0 aromatic carbocycles. The second-order valence-corrected chi connectivity index (χ2v) is 3.04. The van der Waals surface area contributed by atoms with E-state index >= 15 is 0 Å². The molecule has 3 heteroatoms. The van der Waals surface area contributed by atoms with E-state index in [9.17, 15) is 4.79 Å². The van der Waals surface area contributed by atoms with Crippen LogP contribution in [0.1, 0.15) is 33.1 Å². The lowest BCUT2D eigenvalue weighted by Gasteiger charge is -2.05. The van der Waals surface area contributed by atoms with Crippen LogP contribution in [0.2, 0.25) is 0 Å². The van der Waals surface area contributed by atoms with Gasteiger partial charge in [-0.25, -0.2) is 4.79 Å². The number of hydrogen-bond donors (Lipinski definition) is 0. The van der Waals surface area contributed by atoms with Gasteiger partial charge in [-0.2, -0.15) is 0 Å². The molecule has 15 heavy (non-hydrogen) atoms. The Hall–Kier alpha value is -1.25. The van der Waals surface area contributed by atoms with Crippen LogP contribution < -0.4 is 0 Å². The molecule has 0 atom stereocenters. The molecule has 0 aromatic rings. The largest absolute Gasteiger partial charge is 0.483 e. The molecule has 0 unspecified atom stereocenters. The standard InChI is InChI=1S/C12H20O3/c1-4-6-7-8-10-15-11(9-5-2)12(13)14-3/h7-9H,4-6,10H2,1-3H3/b8-7-,11-9-. The highest BCUT2D eigenvalue weighted by molar-refractivity contribution is 5.86. The first-order valence-corrected chi connectivity index (χ1v) is 5.32. The summed E-state index contributed by atoms with van der Waals surface area (Å²) in [5, 5.41) is 0. The lowest BCUT2D eigenvalue weighted by atomic mass is 10.3. The number of carbonyl (C=O) groups is 1. The highest BCUT2D eigenvalue weighted by atomic mass is 16.6. The topological polar surface area (TPSA) is 35.5 Å². The molecule has 0 amide bonds. The van der Waals surface area contributed by atoms with Gasteiger partial charge in [-0.05, 0) is 18.9 Å². The predicted octanol–water partition coefficient (Wildman–Crippen LogP) is 2.83. The molecular formula is C12H20O3. The number of esters is 1. The van der Waals surface area contributed by atoms with Crippen molar-refractivity contribution in [2.24, 2.45) is 0 Å². The van der Waals surface area contributed by atoms with Gasteiger partial charge in [0.05, 0.1) is 7.11 Å². The summed E-state index contributed by atoms with van der Waals surface area (Å²) in [6.45, 7) is 4.47. The van der Waals surface area contributed by atoms with Crippen LogP contribution in [-0.2, 0) is 14.3 Å². The summed E-state index contributed by atoms with van der Waals surface area (Å²) in [6.07, 6.45) is 8.58. The maximum Gasteiger partial charge on any atom is 0.372 e. The van der Waals surface area contributed by atoms with E-state index in [-0.39, 0.29) is 0 Å². The van der Waals surface area contributed by atoms with E-state index in [1.165, 1.54) is 7.11 Å². The lowest BCUT2D eigenvalue weighted by Crippen LogP contribution is -2.08. The van der Waals surface area contributed by atoms with E-state index in [0.29, 0.717) is 12.4 Å². The molecule has 3 nitrogen and oxygen atoms in total. The van der Waals surface area contributed by atoms with Crippen LogP contribution in [0.5, 0.6) is 0 Å². The van der Waals surface area contributed by atoms with Crippen LogP contribution in [0.3, 0.4) is 0 Å². The molecule has 0 aliphatic carbocycles. The fraction of sp³-hybridized carbons (Fsp3) is 0.583. The normalized spacial score (nSPS) is 11.8. The van der Waals surface area contributed by atoms with Crippen molar-refractivity contribution in [2.45, 2.75) is 33.1 Å². The first-order chi connectivity index (χ1) is 7.26. The number of carbonyl (C=O) groups excluding carboxylic acids is 1. The molecule has 0 heterocycles. The van der Waals surface area contributed by atoms with Gasteiger partial charge in [0.1, 0.15) is 6.61 Å². The Morgan fingerprint density at radius 3 is 2.53 bits per heavy atom. The van der Waals surface area contributed by atoms with Crippen molar-refractivity contribution in [3.05, 3.63) is 24.0 Å². The summed E-state index contributed by atoms with van der Waals surface area (Å²) in [6, 6.07) is 0. The Morgan fingerprint density at radius 1 is 1.27 bits per heavy atom. The summed E-state index contributed by atoms with van der Waals surface area (Å²) in [7, 11) is 1.35. The predicted molar refractivity (Wildman–Crippen MR) is 60.4 cm³/mol. The number of hydrogen-bond acceptors (Lipinski definition) is 3. The quantitative estimate of drug-likeness (QED) is 0.282. The van der Waals surface area contributed by atoms with Crippen molar-refractivity contribution < 1.29 is 14.3 Å². The highest BCUT2D eigenvalue weighted by Gasteiger charge is 2.08. The van der Waals surface area contributed by atoms with E-state index in [0.717, 1.165) is 19.3 Å². The van der Waals surface area contributed by atoms with Crippen LogP contribution >= 0.6 is 0 Å². The minimum Gasteiger partial charge on any atom is -0.483 e. The second-order valence-electron chi connectivity index (χ2n) is 3.04. The third-order valence-corrected chi connectivity index (χ3v) is 1.73. The van der Waals surface area contributed by atoms with Gasteiger partial charge < -0.3 is 9.47 Å². The van der Waals surface area contributed by atoms with Crippen molar-refractivity contribution in [2.75, 3.05) is 13.7 Å². The van der Waals surface area contributed by atoms with Gasteiger partial charge in [-0.15, -0.1) is 0 Å². The van der Waals surface area contributed by atoms with Gasteiger partial charge in [0.25, 0.3) is 0 Å². The molecule has 0 aliphatic rings. The Labute approximate surface area is 91.8 Å². The number of rotatable bonds is 7. The molecule has 0 bridgehead atoms. The minimum absolute atomic E-state index is 0.293. The first kappa shape index (κ1) is 13.8. The number of allylic oxidation sites excluding steroid dienone is 2. The van der Waals surface area contributed by atoms with E-state index in [1.54, 1.807) is 6.08 Å². The van der Waals surface area contributed by atoms with Gasteiger partial charge >= 0.3 is 5.97 Å². The fourth-order valence-corrected chi connectivity index (χ4v) is 0.978. The average Bonchev–Trinajstić information content (AvgIpc) is 2.26. The molecule has 0 N–H and O–H groups in total. The van der Waals surface area contributed by atoms with Crippen LogP contribution in [-0.4, -0.2) is 19.7 Å². The zero-order valence-electron chi connectivity index (χ0n) is 9.79. The zero-order valence-corrected chi connectivity index (χ0v) is 9.79. The second kappa shape index (κ2) is 9.31. The molecule has 0 rings (SSSR count). The van der Waals surface area contributed by atoms with Crippen molar-refractivity contribution in [1.29, 1.82) is 0 Å². The van der Waals surface area contributed by atoms with Crippen molar-refractivity contribution >= 4 is 5.97 Å². The van der Waals surface area contributed by atoms with Crippen LogP contribution in [0.4, 0.5) is 0 Å². The Balaban J connectivity index is 3.98. The molecule has 0 fully saturated rings. The minimum atomic E-state index is -0.416. The van der Waals surface area contributed by atoms with Gasteiger partial charge in [0.15, 0.2) is 0 Å². The number of ether oxygens (including phenoxy) is 2. The van der Waals surface area contributed by atoms with Crippen LogP contribution in [0.15, 0.2) is 24.0 Å². The molecule has 0 aromatic heterocycles. The van der Waals surface area contributed by atoms with E-state index < -0.39 is 5.97 Å². The van der Waals surface area contributed by atoms with Crippen LogP contribution in [0, 0.1) is 0 Å². The maximum absolute atomic E-state index is 11.2. The molecular weight excluding hydrogens is 192 g/mol. The molecule has 0 saturated carbocycles. The number of unbranched alkanes of at least 4 members (excludes halogenated alkanes) is 1. The van der Waals surface area contributed by atoms with Gasteiger partial charge in [-0.1, -0.05) is 32.4 Å². The highest BCUT2D eigenvalue weighted by Crippen LogP contribution is 2.02. The van der Waals surface area contributed by atoms with Gasteiger partial charge in [0.2, 0.25) is 5.76 Å².